The van der Waals surface area contributed by atoms with E-state index in [1.165, 1.54) is 12.1 Å². The fourth-order valence-electron chi connectivity index (χ4n) is 2.23. The normalized spacial score (nSPS) is 13.0. The number of rotatable bonds is 8. The van der Waals surface area contributed by atoms with Crippen LogP contribution >= 0.6 is 0 Å². The van der Waals surface area contributed by atoms with Crippen LogP contribution in [0.15, 0.2) is 53.4 Å². The maximum atomic E-state index is 11.0. The van der Waals surface area contributed by atoms with Crippen LogP contribution in [-0.4, -0.2) is 37.3 Å². The van der Waals surface area contributed by atoms with Crippen LogP contribution in [0.3, 0.4) is 0 Å². The monoisotopic (exact) mass is 351 g/mol. The van der Waals surface area contributed by atoms with Crippen molar-refractivity contribution < 1.29 is 22.8 Å². The molecule has 4 N–H and O–H groups in total. The van der Waals surface area contributed by atoms with Crippen LogP contribution < -0.4 is 5.73 Å². The minimum absolute atomic E-state index is 0.119. The number of hydrogen-bond donors (Lipinski definition) is 3. The van der Waals surface area contributed by atoms with E-state index in [0.29, 0.717) is 13.0 Å². The molecule has 0 aliphatic carbocycles. The Bertz CT molecular complexity index is 759. The van der Waals surface area contributed by atoms with E-state index < -0.39 is 16.2 Å². The van der Waals surface area contributed by atoms with E-state index in [1.54, 1.807) is 12.1 Å². The first-order valence-corrected chi connectivity index (χ1v) is 8.92. The molecule has 0 aliphatic rings. The first kappa shape index (κ1) is 18.6. The van der Waals surface area contributed by atoms with Gasteiger partial charge in [-0.1, -0.05) is 36.4 Å². The molecule has 1 atom stereocenters. The number of hydrogen-bond acceptors (Lipinski definition) is 5. The predicted molar refractivity (Wildman–Crippen MR) is 90.2 cm³/mol. The van der Waals surface area contributed by atoms with E-state index in [4.69, 9.17) is 15.0 Å². The fraction of sp³-hybridized carbons (Fsp3) is 0.294. The van der Waals surface area contributed by atoms with Crippen molar-refractivity contribution >= 4 is 10.1 Å². The molecule has 2 aromatic rings. The predicted octanol–water partition coefficient (Wildman–Crippen LogP) is 1.36. The van der Waals surface area contributed by atoms with Gasteiger partial charge in [0.05, 0.1) is 24.2 Å². The standard InChI is InChI=1S/C17H21NO5S/c18-10-16(19)12-23-11-15-3-1-2-14(9-15)8-13-4-6-17(7-5-13)24(20,21)22/h1-7,9,16,19H,8,10-12,18H2,(H,20,21,22). The smallest absolute Gasteiger partial charge is 0.294 e. The average Bonchev–Trinajstić information content (AvgIpc) is 2.55. The van der Waals surface area contributed by atoms with Gasteiger partial charge in [-0.25, -0.2) is 0 Å². The Morgan fingerprint density at radius 3 is 2.33 bits per heavy atom. The summed E-state index contributed by atoms with van der Waals surface area (Å²) < 4.78 is 36.5. The van der Waals surface area contributed by atoms with Crippen LogP contribution in [0.2, 0.25) is 0 Å². The van der Waals surface area contributed by atoms with Gasteiger partial charge in [0.25, 0.3) is 10.1 Å². The highest BCUT2D eigenvalue weighted by atomic mass is 32.2. The van der Waals surface area contributed by atoms with E-state index in [0.717, 1.165) is 16.7 Å². The molecule has 0 heterocycles. The highest BCUT2D eigenvalue weighted by Crippen LogP contribution is 2.15. The van der Waals surface area contributed by atoms with Gasteiger partial charge in [0.2, 0.25) is 0 Å². The molecule has 24 heavy (non-hydrogen) atoms. The molecule has 2 aromatic carbocycles. The zero-order chi connectivity index (χ0) is 17.6. The van der Waals surface area contributed by atoms with Gasteiger partial charge in [0.15, 0.2) is 0 Å². The van der Waals surface area contributed by atoms with Crippen LogP contribution in [0.4, 0.5) is 0 Å². The SMILES string of the molecule is NCC(O)COCc1cccc(Cc2ccc(S(=O)(=O)O)cc2)c1. The van der Waals surface area contributed by atoms with Crippen LogP contribution in [-0.2, 0) is 27.9 Å². The molecule has 0 amide bonds. The van der Waals surface area contributed by atoms with Crippen molar-refractivity contribution in [3.05, 3.63) is 65.2 Å². The van der Waals surface area contributed by atoms with E-state index in [-0.39, 0.29) is 18.0 Å². The lowest BCUT2D eigenvalue weighted by atomic mass is 10.0. The van der Waals surface area contributed by atoms with Crippen molar-refractivity contribution in [1.29, 1.82) is 0 Å². The molecule has 6 nitrogen and oxygen atoms in total. The zero-order valence-corrected chi connectivity index (χ0v) is 13.9. The van der Waals surface area contributed by atoms with E-state index in [2.05, 4.69) is 0 Å². The summed E-state index contributed by atoms with van der Waals surface area (Å²) >= 11 is 0. The summed E-state index contributed by atoms with van der Waals surface area (Å²) in [4.78, 5) is -0.119. The number of aliphatic hydroxyl groups is 1. The van der Waals surface area contributed by atoms with E-state index in [1.807, 2.05) is 24.3 Å². The van der Waals surface area contributed by atoms with Gasteiger partial charge < -0.3 is 15.6 Å². The summed E-state index contributed by atoms with van der Waals surface area (Å²) in [5, 5.41) is 9.35. The summed E-state index contributed by atoms with van der Waals surface area (Å²) in [7, 11) is -4.16. The molecule has 0 fully saturated rings. The minimum atomic E-state index is -4.16. The second-order valence-electron chi connectivity index (χ2n) is 5.52. The molecule has 0 spiro atoms. The minimum Gasteiger partial charge on any atom is -0.389 e. The number of benzene rings is 2. The van der Waals surface area contributed by atoms with Crippen molar-refractivity contribution in [3.63, 3.8) is 0 Å². The maximum Gasteiger partial charge on any atom is 0.294 e. The van der Waals surface area contributed by atoms with E-state index in [9.17, 15) is 13.5 Å². The number of nitrogens with two attached hydrogens (primary N) is 1. The van der Waals surface area contributed by atoms with Crippen molar-refractivity contribution in [2.24, 2.45) is 5.73 Å². The molecular formula is C17H21NO5S. The summed E-state index contributed by atoms with van der Waals surface area (Å²) in [5.41, 5.74) is 8.27. The van der Waals surface area contributed by atoms with Crippen LogP contribution in [0, 0.1) is 0 Å². The third kappa shape index (κ3) is 5.70. The highest BCUT2D eigenvalue weighted by molar-refractivity contribution is 7.85. The lowest BCUT2D eigenvalue weighted by Crippen LogP contribution is -2.24. The molecule has 130 valence electrons. The molecule has 0 aromatic heterocycles. The average molecular weight is 351 g/mol. The third-order valence-corrected chi connectivity index (χ3v) is 4.34. The Labute approximate surface area is 141 Å². The summed E-state index contributed by atoms with van der Waals surface area (Å²) in [6, 6.07) is 13.9. The highest BCUT2D eigenvalue weighted by Gasteiger charge is 2.08. The van der Waals surface area contributed by atoms with Crippen LogP contribution in [0.25, 0.3) is 0 Å². The molecule has 0 saturated carbocycles. The molecule has 0 aliphatic heterocycles. The molecule has 0 saturated heterocycles. The Balaban J connectivity index is 1.99. The van der Waals surface area contributed by atoms with Gasteiger partial charge >= 0.3 is 0 Å². The van der Waals surface area contributed by atoms with Crippen molar-refractivity contribution in [3.8, 4) is 0 Å². The first-order chi connectivity index (χ1) is 11.4. The molecule has 0 radical (unpaired) electrons. The van der Waals surface area contributed by atoms with Gasteiger partial charge in [0.1, 0.15) is 0 Å². The molecular weight excluding hydrogens is 330 g/mol. The largest absolute Gasteiger partial charge is 0.389 e. The van der Waals surface area contributed by atoms with Gasteiger partial charge in [-0.15, -0.1) is 0 Å². The first-order valence-electron chi connectivity index (χ1n) is 7.48. The topological polar surface area (TPSA) is 110 Å². The Kier molecular flexibility index (Phi) is 6.47. The maximum absolute atomic E-state index is 11.0. The summed E-state index contributed by atoms with van der Waals surface area (Å²) in [5.74, 6) is 0. The molecule has 1 unspecified atom stereocenters. The Hall–Kier alpha value is -1.77. The van der Waals surface area contributed by atoms with Crippen LogP contribution in [0.5, 0.6) is 0 Å². The molecule has 0 bridgehead atoms. The Morgan fingerprint density at radius 2 is 1.71 bits per heavy atom. The number of aliphatic hydroxyl groups excluding tert-OH is 1. The van der Waals surface area contributed by atoms with Gasteiger partial charge in [-0.2, -0.15) is 8.42 Å². The summed E-state index contributed by atoms with van der Waals surface area (Å²) in [6.07, 6.45) is -0.0279. The van der Waals surface area contributed by atoms with Crippen molar-refractivity contribution in [2.45, 2.75) is 24.0 Å². The van der Waals surface area contributed by atoms with E-state index >= 15 is 0 Å². The Morgan fingerprint density at radius 1 is 1.04 bits per heavy atom. The van der Waals surface area contributed by atoms with Gasteiger partial charge in [-0.05, 0) is 35.2 Å². The fourth-order valence-corrected chi connectivity index (χ4v) is 2.71. The lowest BCUT2D eigenvalue weighted by molar-refractivity contribution is 0.0329. The van der Waals surface area contributed by atoms with Crippen LogP contribution in [0.1, 0.15) is 16.7 Å². The summed E-state index contributed by atoms with van der Waals surface area (Å²) in [6.45, 7) is 0.740. The second kappa shape index (κ2) is 8.36. The van der Waals surface area contributed by atoms with Gasteiger partial charge in [0, 0.05) is 6.54 Å². The van der Waals surface area contributed by atoms with Crippen molar-refractivity contribution in [2.75, 3.05) is 13.2 Å². The quantitative estimate of drug-likeness (QED) is 0.620. The zero-order valence-electron chi connectivity index (χ0n) is 13.1. The lowest BCUT2D eigenvalue weighted by Gasteiger charge is -2.10. The second-order valence-corrected chi connectivity index (χ2v) is 6.94. The molecule has 7 heteroatoms. The van der Waals surface area contributed by atoms with Crippen molar-refractivity contribution in [1.82, 2.24) is 0 Å². The number of ether oxygens (including phenoxy) is 1. The van der Waals surface area contributed by atoms with Gasteiger partial charge in [-0.3, -0.25) is 4.55 Å². The third-order valence-electron chi connectivity index (χ3n) is 3.47. The molecule has 2 rings (SSSR count).